The molecular formula is C43H56N4O9S. The van der Waals surface area contributed by atoms with Crippen LogP contribution in [0, 0.1) is 23.2 Å². The van der Waals surface area contributed by atoms with Crippen LogP contribution in [0.25, 0.3) is 5.65 Å². The first-order valence-corrected chi connectivity index (χ1v) is 22.5. The van der Waals surface area contributed by atoms with Gasteiger partial charge in [0, 0.05) is 31.4 Å². The molecule has 14 heteroatoms. The number of hydrogen-bond donors (Lipinski definition) is 1. The molecule has 7 atom stereocenters. The molecule has 3 saturated carbocycles. The molecule has 4 heterocycles. The first kappa shape index (κ1) is 40.9. The molecular weight excluding hydrogens is 749 g/mol. The molecule has 13 nitrogen and oxygen atoms in total. The predicted molar refractivity (Wildman–Crippen MR) is 213 cm³/mol. The number of nitrogens with one attached hydrogen (secondary N) is 1. The van der Waals surface area contributed by atoms with Gasteiger partial charge in [0.25, 0.3) is 5.56 Å². The van der Waals surface area contributed by atoms with E-state index in [1.807, 2.05) is 12.2 Å². The molecule has 57 heavy (non-hydrogen) atoms. The summed E-state index contributed by atoms with van der Waals surface area (Å²) in [6.07, 6.45) is 15.6. The molecule has 0 unspecified atom stereocenters. The number of carbonyl (C=O) groups excluding carboxylic acids is 4. The van der Waals surface area contributed by atoms with Gasteiger partial charge < -0.3 is 14.4 Å². The molecule has 1 N–H and O–H groups in total. The van der Waals surface area contributed by atoms with Gasteiger partial charge in [0.15, 0.2) is 5.78 Å². The Morgan fingerprint density at radius 1 is 1.05 bits per heavy atom. The highest BCUT2D eigenvalue weighted by Gasteiger charge is 2.61. The third-order valence-electron chi connectivity index (χ3n) is 12.8. The molecule has 2 aliphatic heterocycles. The minimum Gasteiger partial charge on any atom is -0.472 e. The highest BCUT2D eigenvalue weighted by Crippen LogP contribution is 2.57. The van der Waals surface area contributed by atoms with Gasteiger partial charge in [-0.15, -0.1) is 6.58 Å². The van der Waals surface area contributed by atoms with Crippen molar-refractivity contribution < 1.29 is 37.1 Å². The van der Waals surface area contributed by atoms with E-state index in [9.17, 15) is 32.4 Å². The number of pyridine rings is 1. The van der Waals surface area contributed by atoms with E-state index < -0.39 is 62.3 Å². The lowest BCUT2D eigenvalue weighted by Gasteiger charge is -2.29. The fourth-order valence-corrected chi connectivity index (χ4v) is 10.6. The molecule has 3 aliphatic carbocycles. The maximum Gasteiger partial charge on any atom is 0.306 e. The standard InChI is InChI=1S/C43H56N4O9S/c1-3-5-6-8-15-29-23-38(49)56-36-18-13-16-28(36)14-9-7-10-17-33-39(44-37-19-11-12-22-46(37)41(33)51)55-31-24-34(47(27-31)40(29)50)35(48)26-43(25-30(43)4-2)42(52)45-57(53,54)32-20-21-32/h4,7,10-12,19,22,28-32,34,36H,2-3,5-6,8-9,13-18,20-21,23-27H2,1H3,(H,45,52)/b10-7+/t28-,29-,30-,31-,34+,36-,43-/m1/s1. The number of rotatable bonds is 12. The van der Waals surface area contributed by atoms with Gasteiger partial charge >= 0.3 is 5.97 Å². The molecule has 308 valence electrons. The second kappa shape index (κ2) is 17.3. The molecule has 4 fully saturated rings. The number of unbranched alkanes of at least 4 members (excludes halogenated alkanes) is 3. The maximum absolute atomic E-state index is 14.8. The number of hydrogen-bond acceptors (Lipinski definition) is 10. The van der Waals surface area contributed by atoms with Gasteiger partial charge in [-0.1, -0.05) is 56.9 Å². The average Bonchev–Trinajstić information content (AvgIpc) is 4.08. The highest BCUT2D eigenvalue weighted by atomic mass is 32.2. The van der Waals surface area contributed by atoms with Crippen LogP contribution >= 0.6 is 0 Å². The van der Waals surface area contributed by atoms with Crippen LogP contribution in [0.4, 0.5) is 0 Å². The highest BCUT2D eigenvalue weighted by molar-refractivity contribution is 7.90. The molecule has 2 amide bonds. The number of ether oxygens (including phenoxy) is 2. The number of amides is 2. The summed E-state index contributed by atoms with van der Waals surface area (Å²) in [5.74, 6) is -2.75. The summed E-state index contributed by atoms with van der Waals surface area (Å²) in [7, 11) is -3.87. The van der Waals surface area contributed by atoms with Crippen molar-refractivity contribution >= 4 is 39.2 Å². The number of esters is 1. The summed E-state index contributed by atoms with van der Waals surface area (Å²) < 4.78 is 42.0. The predicted octanol–water partition coefficient (Wildman–Crippen LogP) is 5.38. The number of ketones is 1. The van der Waals surface area contributed by atoms with E-state index >= 15 is 0 Å². The van der Waals surface area contributed by atoms with E-state index in [1.165, 1.54) is 9.30 Å². The van der Waals surface area contributed by atoms with Crippen molar-refractivity contribution in [2.75, 3.05) is 6.54 Å². The van der Waals surface area contributed by atoms with Crippen LogP contribution in [0.5, 0.6) is 5.88 Å². The Hall–Kier alpha value is -4.33. The Balaban J connectivity index is 1.23. The minimum atomic E-state index is -3.87. The number of fused-ring (bicyclic) bond motifs is 5. The van der Waals surface area contributed by atoms with Gasteiger partial charge in [0.1, 0.15) is 17.9 Å². The molecule has 2 aromatic heterocycles. The van der Waals surface area contributed by atoms with Gasteiger partial charge in [0.2, 0.25) is 27.7 Å². The lowest BCUT2D eigenvalue weighted by molar-refractivity contribution is -0.155. The summed E-state index contributed by atoms with van der Waals surface area (Å²) >= 11 is 0. The Kier molecular flexibility index (Phi) is 12.4. The first-order valence-electron chi connectivity index (χ1n) is 21.0. The number of sulfonamides is 1. The zero-order valence-electron chi connectivity index (χ0n) is 32.9. The smallest absolute Gasteiger partial charge is 0.306 e. The quantitative estimate of drug-likeness (QED) is 0.167. The average molecular weight is 805 g/mol. The lowest BCUT2D eigenvalue weighted by atomic mass is 9.90. The Morgan fingerprint density at radius 2 is 1.88 bits per heavy atom. The molecule has 0 aromatic carbocycles. The van der Waals surface area contributed by atoms with Crippen molar-refractivity contribution in [1.29, 1.82) is 0 Å². The van der Waals surface area contributed by atoms with E-state index in [0.29, 0.717) is 30.5 Å². The van der Waals surface area contributed by atoms with Gasteiger partial charge in [-0.05, 0) is 81.8 Å². The number of Topliss-reactive ketones (excluding diaryl/α,β-unsaturated/α-hetero) is 1. The largest absolute Gasteiger partial charge is 0.472 e. The third kappa shape index (κ3) is 9.05. The van der Waals surface area contributed by atoms with Crippen molar-refractivity contribution in [3.63, 3.8) is 0 Å². The molecule has 0 spiro atoms. The van der Waals surface area contributed by atoms with E-state index in [0.717, 1.165) is 57.8 Å². The minimum absolute atomic E-state index is 0.00823. The number of aromatic nitrogens is 2. The topological polar surface area (TPSA) is 171 Å². The van der Waals surface area contributed by atoms with Crippen molar-refractivity contribution in [3.8, 4) is 5.88 Å². The van der Waals surface area contributed by atoms with E-state index in [4.69, 9.17) is 14.5 Å². The van der Waals surface area contributed by atoms with Crippen LogP contribution in [-0.4, -0.2) is 76.3 Å². The van der Waals surface area contributed by atoms with Crippen molar-refractivity contribution in [1.82, 2.24) is 19.0 Å². The van der Waals surface area contributed by atoms with Crippen LogP contribution in [0.15, 0.2) is 54.0 Å². The summed E-state index contributed by atoms with van der Waals surface area (Å²) in [6.45, 7) is 5.93. The van der Waals surface area contributed by atoms with Crippen LogP contribution < -0.4 is 15.0 Å². The molecule has 7 rings (SSSR count). The second-order valence-corrected chi connectivity index (χ2v) is 18.8. The van der Waals surface area contributed by atoms with Gasteiger partial charge in [-0.2, -0.15) is 4.98 Å². The molecule has 0 radical (unpaired) electrons. The molecule has 2 aromatic rings. The van der Waals surface area contributed by atoms with Gasteiger partial charge in [-0.25, -0.2) is 8.42 Å². The van der Waals surface area contributed by atoms with E-state index in [1.54, 1.807) is 30.5 Å². The summed E-state index contributed by atoms with van der Waals surface area (Å²) in [5.41, 5.74) is -0.844. The maximum atomic E-state index is 14.8. The molecule has 2 bridgehead atoms. The Morgan fingerprint density at radius 3 is 2.63 bits per heavy atom. The lowest BCUT2D eigenvalue weighted by Crippen LogP contribution is -2.46. The van der Waals surface area contributed by atoms with Crippen LogP contribution in [0.2, 0.25) is 0 Å². The fraction of sp³-hybridized carbons (Fsp3) is 0.628. The Bertz CT molecular complexity index is 2080. The van der Waals surface area contributed by atoms with Crippen LogP contribution in [0.3, 0.4) is 0 Å². The normalized spacial score (nSPS) is 29.9. The molecule has 1 saturated heterocycles. The van der Waals surface area contributed by atoms with Crippen LogP contribution in [0.1, 0.15) is 115 Å². The fourth-order valence-electron chi connectivity index (χ4n) is 9.18. The monoisotopic (exact) mass is 804 g/mol. The van der Waals surface area contributed by atoms with Crippen LogP contribution in [-0.2, 0) is 40.4 Å². The van der Waals surface area contributed by atoms with E-state index in [-0.39, 0.29) is 68.0 Å². The zero-order chi connectivity index (χ0) is 40.3. The molecule has 5 aliphatic rings. The zero-order valence-corrected chi connectivity index (χ0v) is 33.8. The van der Waals surface area contributed by atoms with Crippen molar-refractivity contribution in [2.45, 2.75) is 140 Å². The Labute approximate surface area is 334 Å². The second-order valence-electron chi connectivity index (χ2n) is 16.9. The summed E-state index contributed by atoms with van der Waals surface area (Å²) in [6, 6.07) is 4.21. The van der Waals surface area contributed by atoms with Gasteiger partial charge in [-0.3, -0.25) is 33.1 Å². The SMILES string of the molecule is C=C[C@@H]1C[C@]1(CC(=O)[C@@H]1C[C@@H]2CN1C(=O)[C@H](CCCCCC)CC(=O)O[C@@H]1CCC[C@H]1CC/C=C/Cc1c(nc3ccccn3c1=O)O2)C(=O)NS(=O)(=O)C1CC1. The number of nitrogens with zero attached hydrogens (tertiary/aromatic N) is 3. The number of carbonyl (C=O) groups is 4. The van der Waals surface area contributed by atoms with E-state index in [2.05, 4.69) is 18.2 Å². The third-order valence-corrected chi connectivity index (χ3v) is 14.6. The van der Waals surface area contributed by atoms with Gasteiger partial charge in [0.05, 0.1) is 35.2 Å². The van der Waals surface area contributed by atoms with Crippen molar-refractivity contribution in [3.05, 3.63) is 65.1 Å². The number of allylic oxidation sites excluding steroid dienone is 3. The summed E-state index contributed by atoms with van der Waals surface area (Å²) in [4.78, 5) is 76.7. The first-order chi connectivity index (χ1) is 27.4. The van der Waals surface area contributed by atoms with Crippen molar-refractivity contribution in [2.24, 2.45) is 23.2 Å². The summed E-state index contributed by atoms with van der Waals surface area (Å²) in [5, 5.41) is -0.619.